The molecule has 20 heavy (non-hydrogen) atoms. The summed E-state index contributed by atoms with van der Waals surface area (Å²) in [5, 5.41) is 0.0819. The Morgan fingerprint density at radius 3 is 2.75 bits per heavy atom. The average Bonchev–Trinajstić information content (AvgIpc) is 2.33. The van der Waals surface area contributed by atoms with Gasteiger partial charge in [0.05, 0.1) is 5.69 Å². The van der Waals surface area contributed by atoms with Gasteiger partial charge in [-0.3, -0.25) is 0 Å². The van der Waals surface area contributed by atoms with Gasteiger partial charge in [-0.25, -0.2) is 17.5 Å². The SMILES string of the molecule is CCSCCC(C)NS(=O)(=O)c1cc(Cl)cc(N)c1F. The molecule has 0 spiro atoms. The number of benzene rings is 1. The Morgan fingerprint density at radius 2 is 2.15 bits per heavy atom. The van der Waals surface area contributed by atoms with E-state index in [9.17, 15) is 12.8 Å². The minimum atomic E-state index is -3.97. The summed E-state index contributed by atoms with van der Waals surface area (Å²) in [5.41, 5.74) is 5.11. The molecule has 1 unspecified atom stereocenters. The minimum absolute atomic E-state index is 0.0819. The summed E-state index contributed by atoms with van der Waals surface area (Å²) >= 11 is 7.44. The molecular weight excluding hydrogens is 323 g/mol. The molecule has 4 nitrogen and oxygen atoms in total. The third-order valence-electron chi connectivity index (χ3n) is 2.58. The van der Waals surface area contributed by atoms with Crippen LogP contribution < -0.4 is 10.5 Å². The van der Waals surface area contributed by atoms with Crippen LogP contribution in [0.2, 0.25) is 5.02 Å². The highest BCUT2D eigenvalue weighted by molar-refractivity contribution is 7.99. The highest BCUT2D eigenvalue weighted by atomic mass is 35.5. The molecule has 1 aromatic carbocycles. The highest BCUT2D eigenvalue weighted by Crippen LogP contribution is 2.25. The van der Waals surface area contributed by atoms with Gasteiger partial charge in [0.25, 0.3) is 0 Å². The molecule has 0 aliphatic carbocycles. The van der Waals surface area contributed by atoms with E-state index in [2.05, 4.69) is 4.72 Å². The summed E-state index contributed by atoms with van der Waals surface area (Å²) in [6, 6.07) is 1.94. The first kappa shape index (κ1) is 17.6. The van der Waals surface area contributed by atoms with Crippen molar-refractivity contribution in [3.05, 3.63) is 23.0 Å². The fourth-order valence-corrected chi connectivity index (χ4v) is 4.08. The molecule has 8 heteroatoms. The van der Waals surface area contributed by atoms with E-state index >= 15 is 0 Å². The van der Waals surface area contributed by atoms with Gasteiger partial charge in [-0.1, -0.05) is 18.5 Å². The van der Waals surface area contributed by atoms with Gasteiger partial charge in [0.1, 0.15) is 4.90 Å². The van der Waals surface area contributed by atoms with Crippen LogP contribution in [-0.4, -0.2) is 26.0 Å². The Hall–Kier alpha value is -0.500. The Kier molecular flexibility index (Phi) is 6.57. The smallest absolute Gasteiger partial charge is 0.243 e. The van der Waals surface area contributed by atoms with Gasteiger partial charge in [-0.2, -0.15) is 11.8 Å². The van der Waals surface area contributed by atoms with Gasteiger partial charge in [0.2, 0.25) is 10.0 Å². The maximum Gasteiger partial charge on any atom is 0.243 e. The molecule has 0 saturated carbocycles. The summed E-state index contributed by atoms with van der Waals surface area (Å²) in [6.07, 6.45) is 0.662. The van der Waals surface area contributed by atoms with E-state index in [0.29, 0.717) is 6.42 Å². The molecule has 0 heterocycles. The van der Waals surface area contributed by atoms with Crippen molar-refractivity contribution in [2.75, 3.05) is 17.2 Å². The quantitative estimate of drug-likeness (QED) is 0.591. The van der Waals surface area contributed by atoms with Crippen molar-refractivity contribution in [3.63, 3.8) is 0 Å². The van der Waals surface area contributed by atoms with Crippen LogP contribution >= 0.6 is 23.4 Å². The lowest BCUT2D eigenvalue weighted by molar-refractivity contribution is 0.541. The van der Waals surface area contributed by atoms with Crippen molar-refractivity contribution in [2.45, 2.75) is 31.2 Å². The topological polar surface area (TPSA) is 72.2 Å². The second-order valence-electron chi connectivity index (χ2n) is 4.32. The Bertz CT molecular complexity index is 567. The predicted octanol–water partition coefficient (Wildman–Crippen LogP) is 2.87. The van der Waals surface area contributed by atoms with Crippen molar-refractivity contribution >= 4 is 39.1 Å². The fourth-order valence-electron chi connectivity index (χ4n) is 1.57. The zero-order chi connectivity index (χ0) is 15.3. The molecule has 1 atom stereocenters. The summed E-state index contributed by atoms with van der Waals surface area (Å²) in [5.74, 6) is 0.830. The van der Waals surface area contributed by atoms with Crippen LogP contribution in [0.1, 0.15) is 20.3 Å². The molecule has 0 aromatic heterocycles. The first-order valence-electron chi connectivity index (χ1n) is 6.12. The summed E-state index contributed by atoms with van der Waals surface area (Å²) in [7, 11) is -3.97. The van der Waals surface area contributed by atoms with Crippen LogP contribution in [0.4, 0.5) is 10.1 Å². The zero-order valence-electron chi connectivity index (χ0n) is 11.3. The number of thioether (sulfide) groups is 1. The normalized spacial score (nSPS) is 13.4. The molecular formula is C12H18ClFN2O2S2. The summed E-state index contributed by atoms with van der Waals surface area (Å²) in [6.45, 7) is 3.77. The zero-order valence-corrected chi connectivity index (χ0v) is 13.7. The molecule has 0 radical (unpaired) electrons. The van der Waals surface area contributed by atoms with Gasteiger partial charge in [-0.15, -0.1) is 0 Å². The Balaban J connectivity index is 2.89. The summed E-state index contributed by atoms with van der Waals surface area (Å²) in [4.78, 5) is -0.516. The number of nitrogens with one attached hydrogen (secondary N) is 1. The first-order chi connectivity index (χ1) is 9.27. The van der Waals surface area contributed by atoms with Crippen LogP contribution in [0.25, 0.3) is 0 Å². The molecule has 3 N–H and O–H groups in total. The molecule has 0 saturated heterocycles. The van der Waals surface area contributed by atoms with E-state index in [-0.39, 0.29) is 16.8 Å². The fraction of sp³-hybridized carbons (Fsp3) is 0.500. The molecule has 0 bridgehead atoms. The van der Waals surface area contributed by atoms with Gasteiger partial charge in [0.15, 0.2) is 5.82 Å². The Morgan fingerprint density at radius 1 is 1.50 bits per heavy atom. The number of hydrogen-bond acceptors (Lipinski definition) is 4. The number of nitrogens with two attached hydrogens (primary N) is 1. The van der Waals surface area contributed by atoms with E-state index in [4.69, 9.17) is 17.3 Å². The van der Waals surface area contributed by atoms with Gasteiger partial charge < -0.3 is 5.73 Å². The van der Waals surface area contributed by atoms with Crippen molar-refractivity contribution in [1.29, 1.82) is 0 Å². The number of rotatable bonds is 7. The van der Waals surface area contributed by atoms with E-state index in [1.807, 2.05) is 6.92 Å². The van der Waals surface area contributed by atoms with Crippen LogP contribution in [0.5, 0.6) is 0 Å². The Labute approximate surface area is 128 Å². The van der Waals surface area contributed by atoms with E-state index < -0.39 is 20.7 Å². The number of anilines is 1. The lowest BCUT2D eigenvalue weighted by Crippen LogP contribution is -2.33. The van der Waals surface area contributed by atoms with Crippen molar-refractivity contribution in [1.82, 2.24) is 4.72 Å². The molecule has 0 amide bonds. The molecule has 114 valence electrons. The molecule has 0 aliphatic heterocycles. The number of nitrogen functional groups attached to an aromatic ring is 1. The lowest BCUT2D eigenvalue weighted by Gasteiger charge is -2.15. The maximum absolute atomic E-state index is 13.8. The van der Waals surface area contributed by atoms with Crippen LogP contribution in [-0.2, 0) is 10.0 Å². The van der Waals surface area contributed by atoms with Gasteiger partial charge >= 0.3 is 0 Å². The number of hydrogen-bond donors (Lipinski definition) is 2. The summed E-state index contributed by atoms with van der Waals surface area (Å²) < 4.78 is 40.5. The highest BCUT2D eigenvalue weighted by Gasteiger charge is 2.23. The first-order valence-corrected chi connectivity index (χ1v) is 9.14. The monoisotopic (exact) mass is 340 g/mol. The van der Waals surface area contributed by atoms with Crippen molar-refractivity contribution in [3.8, 4) is 0 Å². The predicted molar refractivity (Wildman–Crippen MR) is 83.2 cm³/mol. The molecule has 0 fully saturated rings. The van der Waals surface area contributed by atoms with Crippen molar-refractivity contribution in [2.24, 2.45) is 0 Å². The van der Waals surface area contributed by atoms with Crippen LogP contribution in [0.15, 0.2) is 17.0 Å². The van der Waals surface area contributed by atoms with Crippen LogP contribution in [0, 0.1) is 5.82 Å². The van der Waals surface area contributed by atoms with E-state index in [0.717, 1.165) is 17.6 Å². The second kappa shape index (κ2) is 7.49. The van der Waals surface area contributed by atoms with E-state index in [1.165, 1.54) is 6.07 Å². The number of sulfonamides is 1. The molecule has 1 rings (SSSR count). The van der Waals surface area contributed by atoms with E-state index in [1.54, 1.807) is 18.7 Å². The molecule has 0 aliphatic rings. The van der Waals surface area contributed by atoms with Crippen LogP contribution in [0.3, 0.4) is 0 Å². The molecule has 1 aromatic rings. The van der Waals surface area contributed by atoms with Crippen molar-refractivity contribution < 1.29 is 12.8 Å². The minimum Gasteiger partial charge on any atom is -0.396 e. The lowest BCUT2D eigenvalue weighted by atomic mass is 10.3. The largest absolute Gasteiger partial charge is 0.396 e. The van der Waals surface area contributed by atoms with Gasteiger partial charge in [-0.05, 0) is 37.0 Å². The second-order valence-corrected chi connectivity index (χ2v) is 7.83. The number of halogens is 2. The van der Waals surface area contributed by atoms with Gasteiger partial charge in [0, 0.05) is 11.1 Å². The third-order valence-corrected chi connectivity index (χ3v) is 5.32. The third kappa shape index (κ3) is 4.80. The standard InChI is InChI=1S/C12H18ClFN2O2S2/c1-3-19-5-4-8(2)16-20(17,18)11-7-9(13)6-10(15)12(11)14/h6-8,16H,3-5,15H2,1-2H3. The maximum atomic E-state index is 13.8. The average molecular weight is 341 g/mol.